The molecule has 0 fully saturated rings. The smallest absolute Gasteiger partial charge is 0.250 e. The van der Waals surface area contributed by atoms with Gasteiger partial charge in [-0.2, -0.15) is 0 Å². The van der Waals surface area contributed by atoms with E-state index in [0.717, 1.165) is 0 Å². The maximum Gasteiger partial charge on any atom is 0.270 e. The molecule has 0 aliphatic heterocycles. The molecule has 0 amide bonds. The van der Waals surface area contributed by atoms with Crippen molar-refractivity contribution in [3.63, 3.8) is 0 Å². The molecule has 8 heteroatoms. The van der Waals surface area contributed by atoms with Crippen molar-refractivity contribution in [1.82, 2.24) is 0 Å². The minimum Gasteiger partial charge on any atom is -0.250 e. The fourth-order valence-electron chi connectivity index (χ4n) is 5.97. The number of hydrogen-bond acceptors (Lipinski definition) is 2. The topological polar surface area (TPSA) is 69.4 Å². The molecule has 0 saturated carbocycles. The van der Waals surface area contributed by atoms with E-state index in [1.807, 2.05) is 12.1 Å². The van der Waals surface area contributed by atoms with Crippen LogP contribution in [0.25, 0.3) is 68.8 Å². The zero-order valence-electron chi connectivity index (χ0n) is 22.9. The van der Waals surface area contributed by atoms with Crippen LogP contribution >= 0.6 is 0 Å². The van der Waals surface area contributed by atoms with Crippen LogP contribution in [0.4, 0.5) is 21.5 Å². The van der Waals surface area contributed by atoms with E-state index in [1.165, 1.54) is 18.2 Å². The highest BCUT2D eigenvalue weighted by molar-refractivity contribution is 6.39. The molecule has 0 unspecified atom stereocenters. The summed E-state index contributed by atoms with van der Waals surface area (Å²) >= 11 is 0. The Bertz CT molecular complexity index is 2430. The summed E-state index contributed by atoms with van der Waals surface area (Å²) < 4.78 is 14.3. The Kier molecular flexibility index (Phi) is 6.57. The summed E-state index contributed by atoms with van der Waals surface area (Å²) in [6.45, 7) is 38.2. The van der Waals surface area contributed by atoms with Crippen molar-refractivity contribution >= 4 is 39.4 Å². The second-order valence-electron chi connectivity index (χ2n) is 9.81. The van der Waals surface area contributed by atoms with Crippen LogP contribution in [0.5, 0.6) is 0 Å². The summed E-state index contributed by atoms with van der Waals surface area (Å²) in [6.07, 6.45) is 0. The second-order valence-corrected chi connectivity index (χ2v) is 9.81. The van der Waals surface area contributed by atoms with Gasteiger partial charge in [-0.25, -0.2) is 29.4 Å². The Balaban J connectivity index is 1.74. The summed E-state index contributed by atoms with van der Waals surface area (Å²) in [6, 6.07) is 23.7. The van der Waals surface area contributed by atoms with Crippen molar-refractivity contribution in [2.24, 2.45) is 0 Å². The van der Waals surface area contributed by atoms with Gasteiger partial charge in [0, 0.05) is 11.1 Å². The number of allylic oxidation sites excluding steroid dienone is 6. The summed E-state index contributed by atoms with van der Waals surface area (Å²) in [4.78, 5) is 17.3. The van der Waals surface area contributed by atoms with Crippen LogP contribution in [0, 0.1) is 61.3 Å². The summed E-state index contributed by atoms with van der Waals surface area (Å²) in [5.41, 5.74) is 5.83. The van der Waals surface area contributed by atoms with Gasteiger partial charge < -0.3 is 0 Å². The van der Waals surface area contributed by atoms with Gasteiger partial charge in [0.2, 0.25) is 5.69 Å². The zero-order chi connectivity index (χ0) is 31.8. The molecule has 2 aliphatic carbocycles. The molecule has 4 aromatic carbocycles. The van der Waals surface area contributed by atoms with Gasteiger partial charge in [-0.1, -0.05) is 60.7 Å². The Hall–Kier alpha value is -7.54. The average Bonchev–Trinajstić information content (AvgIpc) is 3.59. The van der Waals surface area contributed by atoms with E-state index in [-0.39, 0.29) is 28.5 Å². The van der Waals surface area contributed by atoms with Crippen LogP contribution in [0.1, 0.15) is 22.3 Å². The molecular formula is C37H12FN7. The van der Waals surface area contributed by atoms with Crippen LogP contribution in [0.15, 0.2) is 84.2 Å². The molecule has 0 N–H and O–H groups in total. The number of nitriles is 2. The maximum atomic E-state index is 14.3. The third kappa shape index (κ3) is 3.97. The van der Waals surface area contributed by atoms with Crippen LogP contribution in [-0.4, -0.2) is 0 Å². The molecule has 0 heterocycles. The normalized spacial score (nSPS) is 14.2. The van der Waals surface area contributed by atoms with E-state index in [0.29, 0.717) is 66.8 Å². The first kappa shape index (κ1) is 27.6. The van der Waals surface area contributed by atoms with Gasteiger partial charge in [-0.15, -0.1) is 0 Å². The predicted octanol–water partition coefficient (Wildman–Crippen LogP) is 10.1. The van der Waals surface area contributed by atoms with Crippen molar-refractivity contribution in [3.05, 3.63) is 169 Å². The van der Waals surface area contributed by atoms with Crippen molar-refractivity contribution in [3.8, 4) is 34.4 Å². The van der Waals surface area contributed by atoms with E-state index >= 15 is 0 Å². The first-order valence-electron chi connectivity index (χ1n) is 13.1. The Morgan fingerprint density at radius 3 is 1.44 bits per heavy atom. The minimum absolute atomic E-state index is 0.156. The monoisotopic (exact) mass is 573 g/mol. The number of halogens is 1. The molecule has 7 nitrogen and oxygen atoms in total. The summed E-state index contributed by atoms with van der Waals surface area (Å²) in [7, 11) is 0. The van der Waals surface area contributed by atoms with Gasteiger partial charge >= 0.3 is 0 Å². The molecule has 202 valence electrons. The molecule has 0 atom stereocenters. The van der Waals surface area contributed by atoms with Crippen LogP contribution < -0.4 is 0 Å². The highest BCUT2D eigenvalue weighted by Crippen LogP contribution is 2.62. The van der Waals surface area contributed by atoms with Gasteiger partial charge in [0.1, 0.15) is 5.82 Å². The highest BCUT2D eigenvalue weighted by atomic mass is 19.1. The first-order chi connectivity index (χ1) is 22.0. The molecule has 0 radical (unpaired) electrons. The van der Waals surface area contributed by atoms with Gasteiger partial charge in [0.05, 0.1) is 45.0 Å². The van der Waals surface area contributed by atoms with Crippen LogP contribution in [-0.2, 0) is 0 Å². The van der Waals surface area contributed by atoms with Crippen LogP contribution in [0.2, 0.25) is 0 Å². The van der Waals surface area contributed by atoms with Crippen molar-refractivity contribution in [1.29, 1.82) is 10.5 Å². The van der Waals surface area contributed by atoms with Gasteiger partial charge in [-0.3, -0.25) is 9.69 Å². The molecule has 2 aliphatic rings. The first-order valence-corrected chi connectivity index (χ1v) is 13.1. The van der Waals surface area contributed by atoms with E-state index in [4.69, 9.17) is 32.9 Å². The average molecular weight is 574 g/mol. The third-order valence-corrected chi connectivity index (χ3v) is 7.73. The molecule has 45 heavy (non-hydrogen) atoms. The standard InChI is InChI=1S/C37H12FN7/c1-41-27-15-13-21(17-29(27)43-3)23-9-7-11-25-33(23)37(31(19-40)45-5)34-24-10-6-8-22(20-12-14-26(38)28(16-20)42-2)32(24)36(35(25)34)30(18-39)44-4/h6-17H/b36-30-,37-31+. The summed E-state index contributed by atoms with van der Waals surface area (Å²) in [5.74, 6) is -0.676. The van der Waals surface area contributed by atoms with E-state index in [1.54, 1.807) is 54.6 Å². The molecule has 0 saturated heterocycles. The van der Waals surface area contributed by atoms with Gasteiger partial charge in [-0.05, 0) is 67.8 Å². The van der Waals surface area contributed by atoms with E-state index in [9.17, 15) is 14.9 Å². The molecule has 6 rings (SSSR count). The number of fused-ring (bicyclic) bond motifs is 4. The molecule has 0 aromatic heterocycles. The molecular weight excluding hydrogens is 561 g/mol. The lowest BCUT2D eigenvalue weighted by Crippen LogP contribution is -1.99. The summed E-state index contributed by atoms with van der Waals surface area (Å²) in [5, 5.41) is 20.4. The Morgan fingerprint density at radius 1 is 0.556 bits per heavy atom. The Labute approximate surface area is 257 Å². The number of hydrogen-bond donors (Lipinski definition) is 0. The van der Waals surface area contributed by atoms with Gasteiger partial charge in [0.25, 0.3) is 11.4 Å². The van der Waals surface area contributed by atoms with E-state index in [2.05, 4.69) is 24.2 Å². The van der Waals surface area contributed by atoms with E-state index < -0.39 is 5.82 Å². The van der Waals surface area contributed by atoms with Crippen molar-refractivity contribution < 1.29 is 4.39 Å². The van der Waals surface area contributed by atoms with Gasteiger partial charge in [0.15, 0.2) is 11.4 Å². The lowest BCUT2D eigenvalue weighted by molar-refractivity contribution is 0.634. The zero-order valence-corrected chi connectivity index (χ0v) is 22.9. The predicted molar refractivity (Wildman–Crippen MR) is 168 cm³/mol. The quantitative estimate of drug-likeness (QED) is 0.177. The number of nitrogens with zero attached hydrogens (tertiary/aromatic N) is 7. The minimum atomic E-state index is -0.676. The highest BCUT2D eigenvalue weighted by Gasteiger charge is 2.41. The maximum absolute atomic E-state index is 14.3. The molecule has 0 spiro atoms. The van der Waals surface area contributed by atoms with Crippen molar-refractivity contribution in [2.75, 3.05) is 0 Å². The second kappa shape index (κ2) is 10.7. The number of benzene rings is 4. The van der Waals surface area contributed by atoms with Crippen LogP contribution in [0.3, 0.4) is 0 Å². The fourth-order valence-corrected chi connectivity index (χ4v) is 5.97. The molecule has 0 bridgehead atoms. The number of rotatable bonds is 2. The Morgan fingerprint density at radius 2 is 1.00 bits per heavy atom. The third-order valence-electron chi connectivity index (χ3n) is 7.73. The SMILES string of the molecule is [C-]#[N+]/C(C#N)=C1C2=C(/C(=C(\C#N)[N+]#[C-])c3c2cccc3-c2ccc([N+]#[C-])c([N+]#[C-])c2)c2cccc(-c3ccc(F)c([N+]#[C-])c3)c2\1. The lowest BCUT2D eigenvalue weighted by atomic mass is 9.84. The lowest BCUT2D eigenvalue weighted by Gasteiger charge is -2.19. The largest absolute Gasteiger partial charge is 0.270 e. The molecule has 4 aromatic rings. The fraction of sp³-hybridized carbons (Fsp3) is 0. The van der Waals surface area contributed by atoms with Crippen molar-refractivity contribution in [2.45, 2.75) is 0 Å².